The number of ether oxygens (including phenoxy) is 2. The van der Waals surface area contributed by atoms with E-state index < -0.39 is 0 Å². The first-order chi connectivity index (χ1) is 12.3. The van der Waals surface area contributed by atoms with Crippen molar-refractivity contribution in [1.29, 1.82) is 0 Å². The largest absolute Gasteiger partial charge is 0.454 e. The van der Waals surface area contributed by atoms with Gasteiger partial charge in [0.15, 0.2) is 11.5 Å². The van der Waals surface area contributed by atoms with Crippen LogP contribution in [0.15, 0.2) is 60.8 Å². The number of aromatic nitrogens is 2. The van der Waals surface area contributed by atoms with Gasteiger partial charge in [0, 0.05) is 18.0 Å². The SMILES string of the molecule is O=C(C=Cc1ccc2c(c1)OCO2)Nc1ccc(-c2ccn[nH]2)cc1. The van der Waals surface area contributed by atoms with Crippen LogP contribution in [0.5, 0.6) is 11.5 Å². The molecular weight excluding hydrogens is 318 g/mol. The molecule has 0 radical (unpaired) electrons. The Morgan fingerprint density at radius 1 is 1.08 bits per heavy atom. The van der Waals surface area contributed by atoms with Crippen molar-refractivity contribution in [3.8, 4) is 22.8 Å². The van der Waals surface area contributed by atoms with Crippen molar-refractivity contribution in [3.63, 3.8) is 0 Å². The molecule has 6 heteroatoms. The minimum atomic E-state index is -0.202. The van der Waals surface area contributed by atoms with Crippen LogP contribution in [0.3, 0.4) is 0 Å². The minimum absolute atomic E-state index is 0.202. The average Bonchev–Trinajstić information content (AvgIpc) is 3.32. The number of nitrogens with zero attached hydrogens (tertiary/aromatic N) is 1. The number of carbonyl (C=O) groups excluding carboxylic acids is 1. The number of carbonyl (C=O) groups is 1. The highest BCUT2D eigenvalue weighted by Gasteiger charge is 2.12. The molecule has 2 aromatic carbocycles. The Kier molecular flexibility index (Phi) is 3.92. The summed E-state index contributed by atoms with van der Waals surface area (Å²) in [6.07, 6.45) is 4.92. The van der Waals surface area contributed by atoms with Gasteiger partial charge in [-0.1, -0.05) is 18.2 Å². The van der Waals surface area contributed by atoms with E-state index in [0.717, 1.165) is 28.3 Å². The number of fused-ring (bicyclic) bond motifs is 1. The molecule has 0 saturated carbocycles. The van der Waals surface area contributed by atoms with E-state index in [1.54, 1.807) is 12.3 Å². The van der Waals surface area contributed by atoms with Gasteiger partial charge in [-0.15, -0.1) is 0 Å². The Labute approximate surface area is 144 Å². The van der Waals surface area contributed by atoms with Crippen LogP contribution in [-0.2, 0) is 4.79 Å². The summed E-state index contributed by atoms with van der Waals surface area (Å²) in [6.45, 7) is 0.234. The monoisotopic (exact) mass is 333 g/mol. The molecule has 3 aromatic rings. The highest BCUT2D eigenvalue weighted by molar-refractivity contribution is 6.02. The highest BCUT2D eigenvalue weighted by Crippen LogP contribution is 2.32. The van der Waals surface area contributed by atoms with E-state index >= 15 is 0 Å². The summed E-state index contributed by atoms with van der Waals surface area (Å²) in [5, 5.41) is 9.66. The second-order valence-corrected chi connectivity index (χ2v) is 5.48. The van der Waals surface area contributed by atoms with Gasteiger partial charge in [0.05, 0.1) is 5.69 Å². The lowest BCUT2D eigenvalue weighted by Crippen LogP contribution is -2.07. The molecule has 25 heavy (non-hydrogen) atoms. The van der Waals surface area contributed by atoms with E-state index in [1.165, 1.54) is 6.08 Å². The van der Waals surface area contributed by atoms with Crippen LogP contribution in [0.1, 0.15) is 5.56 Å². The van der Waals surface area contributed by atoms with Gasteiger partial charge in [0.25, 0.3) is 0 Å². The Hall–Kier alpha value is -3.54. The maximum Gasteiger partial charge on any atom is 0.248 e. The fraction of sp³-hybridized carbons (Fsp3) is 0.0526. The predicted octanol–water partition coefficient (Wildman–Crippen LogP) is 3.46. The maximum atomic E-state index is 12.1. The summed E-state index contributed by atoms with van der Waals surface area (Å²) in [7, 11) is 0. The van der Waals surface area contributed by atoms with Gasteiger partial charge in [0.2, 0.25) is 12.7 Å². The summed E-state index contributed by atoms with van der Waals surface area (Å²) in [6, 6.07) is 15.0. The van der Waals surface area contributed by atoms with Crippen molar-refractivity contribution in [2.75, 3.05) is 12.1 Å². The molecule has 6 nitrogen and oxygen atoms in total. The standard InChI is InChI=1S/C19H15N3O3/c23-19(8-2-13-1-7-17-18(11-13)25-12-24-17)21-15-5-3-14(4-6-15)16-9-10-20-22-16/h1-11H,12H2,(H,20,22)(H,21,23). The van der Waals surface area contributed by atoms with Gasteiger partial charge in [-0.2, -0.15) is 5.10 Å². The molecule has 2 heterocycles. The lowest BCUT2D eigenvalue weighted by molar-refractivity contribution is -0.111. The number of hydrogen-bond donors (Lipinski definition) is 2. The smallest absolute Gasteiger partial charge is 0.248 e. The molecule has 0 aliphatic carbocycles. The molecule has 0 saturated heterocycles. The molecule has 0 unspecified atom stereocenters. The second-order valence-electron chi connectivity index (χ2n) is 5.48. The molecule has 4 rings (SSSR count). The molecule has 1 amide bonds. The Morgan fingerprint density at radius 3 is 2.72 bits per heavy atom. The number of hydrogen-bond acceptors (Lipinski definition) is 4. The van der Waals surface area contributed by atoms with Crippen molar-refractivity contribution >= 4 is 17.7 Å². The van der Waals surface area contributed by atoms with Gasteiger partial charge >= 0.3 is 0 Å². The van der Waals surface area contributed by atoms with Gasteiger partial charge in [-0.3, -0.25) is 9.89 Å². The molecular formula is C19H15N3O3. The molecule has 2 N–H and O–H groups in total. The Bertz CT molecular complexity index is 916. The van der Waals surface area contributed by atoms with Gasteiger partial charge in [0.1, 0.15) is 0 Å². The van der Waals surface area contributed by atoms with E-state index in [1.807, 2.05) is 48.5 Å². The third-order valence-electron chi connectivity index (χ3n) is 3.79. The van der Waals surface area contributed by atoms with Crippen molar-refractivity contribution in [3.05, 3.63) is 66.4 Å². The first-order valence-electron chi connectivity index (χ1n) is 7.76. The van der Waals surface area contributed by atoms with Crippen LogP contribution in [0.25, 0.3) is 17.3 Å². The van der Waals surface area contributed by atoms with Gasteiger partial charge < -0.3 is 14.8 Å². The van der Waals surface area contributed by atoms with Crippen LogP contribution < -0.4 is 14.8 Å². The molecule has 124 valence electrons. The second kappa shape index (κ2) is 6.52. The number of benzene rings is 2. The first kappa shape index (κ1) is 15.0. The molecule has 1 aliphatic rings. The number of nitrogens with one attached hydrogen (secondary N) is 2. The zero-order valence-electron chi connectivity index (χ0n) is 13.2. The molecule has 0 spiro atoms. The number of aromatic amines is 1. The van der Waals surface area contributed by atoms with Crippen LogP contribution in [-0.4, -0.2) is 22.9 Å². The zero-order chi connectivity index (χ0) is 17.1. The molecule has 0 fully saturated rings. The van der Waals surface area contributed by atoms with Crippen LogP contribution in [0.4, 0.5) is 5.69 Å². The normalized spacial score (nSPS) is 12.5. The fourth-order valence-corrected chi connectivity index (χ4v) is 2.52. The van der Waals surface area contributed by atoms with E-state index in [4.69, 9.17) is 9.47 Å². The van der Waals surface area contributed by atoms with Crippen LogP contribution in [0.2, 0.25) is 0 Å². The fourth-order valence-electron chi connectivity index (χ4n) is 2.52. The summed E-state index contributed by atoms with van der Waals surface area (Å²) in [5.74, 6) is 1.21. The summed E-state index contributed by atoms with van der Waals surface area (Å²) in [5.41, 5.74) is 3.53. The van der Waals surface area contributed by atoms with E-state index in [0.29, 0.717) is 5.75 Å². The van der Waals surface area contributed by atoms with Crippen molar-refractivity contribution < 1.29 is 14.3 Å². The van der Waals surface area contributed by atoms with Crippen LogP contribution in [0, 0.1) is 0 Å². The number of H-pyrrole nitrogens is 1. The van der Waals surface area contributed by atoms with Crippen molar-refractivity contribution in [2.45, 2.75) is 0 Å². The summed E-state index contributed by atoms with van der Waals surface area (Å²) >= 11 is 0. The first-order valence-corrected chi connectivity index (χ1v) is 7.76. The molecule has 1 aromatic heterocycles. The average molecular weight is 333 g/mol. The van der Waals surface area contributed by atoms with Crippen LogP contribution >= 0.6 is 0 Å². The summed E-state index contributed by atoms with van der Waals surface area (Å²) in [4.78, 5) is 12.1. The third kappa shape index (κ3) is 3.37. The highest BCUT2D eigenvalue weighted by atomic mass is 16.7. The summed E-state index contributed by atoms with van der Waals surface area (Å²) < 4.78 is 10.6. The minimum Gasteiger partial charge on any atom is -0.454 e. The molecule has 1 aliphatic heterocycles. The molecule has 0 bridgehead atoms. The lowest BCUT2D eigenvalue weighted by Gasteiger charge is -2.03. The van der Waals surface area contributed by atoms with E-state index in [2.05, 4.69) is 15.5 Å². The van der Waals surface area contributed by atoms with Gasteiger partial charge in [-0.25, -0.2) is 0 Å². The molecule has 0 atom stereocenters. The lowest BCUT2D eigenvalue weighted by atomic mass is 10.1. The Morgan fingerprint density at radius 2 is 1.92 bits per heavy atom. The van der Waals surface area contributed by atoms with Crippen molar-refractivity contribution in [1.82, 2.24) is 10.2 Å². The number of anilines is 1. The Balaban J connectivity index is 1.40. The van der Waals surface area contributed by atoms with Gasteiger partial charge in [-0.05, 0) is 47.5 Å². The maximum absolute atomic E-state index is 12.1. The number of rotatable bonds is 4. The quantitative estimate of drug-likeness (QED) is 0.717. The van der Waals surface area contributed by atoms with E-state index in [9.17, 15) is 4.79 Å². The van der Waals surface area contributed by atoms with E-state index in [-0.39, 0.29) is 12.7 Å². The number of amides is 1. The third-order valence-corrected chi connectivity index (χ3v) is 3.79. The zero-order valence-corrected chi connectivity index (χ0v) is 13.2. The predicted molar refractivity (Wildman–Crippen MR) is 94.3 cm³/mol. The topological polar surface area (TPSA) is 76.2 Å². The van der Waals surface area contributed by atoms with Crippen molar-refractivity contribution in [2.24, 2.45) is 0 Å².